The number of allylic oxidation sites excluding steroid dienone is 13. The molecule has 1 aliphatic carbocycles. The van der Waals surface area contributed by atoms with Crippen LogP contribution in [0.2, 0.25) is 0 Å². The van der Waals surface area contributed by atoms with E-state index in [0.29, 0.717) is 6.42 Å². The Morgan fingerprint density at radius 3 is 2.00 bits per heavy atom. The second-order valence-electron chi connectivity index (χ2n) is 21.6. The lowest BCUT2D eigenvalue weighted by molar-refractivity contribution is -0.307. The van der Waals surface area contributed by atoms with E-state index in [2.05, 4.69) is 5.32 Å². The van der Waals surface area contributed by atoms with Crippen molar-refractivity contribution in [1.82, 2.24) is 5.32 Å². The van der Waals surface area contributed by atoms with Gasteiger partial charge in [0.05, 0.1) is 92.6 Å². The zero-order valence-electron chi connectivity index (χ0n) is 46.3. The van der Waals surface area contributed by atoms with Crippen molar-refractivity contribution in [2.24, 2.45) is 23.5 Å². The Morgan fingerprint density at radius 2 is 1.35 bits per heavy atom. The summed E-state index contributed by atoms with van der Waals surface area (Å²) < 4.78 is 29.1. The van der Waals surface area contributed by atoms with Crippen LogP contribution in [0.15, 0.2) is 115 Å². The first-order valence-electron chi connectivity index (χ1n) is 27.6. The van der Waals surface area contributed by atoms with E-state index in [4.69, 9.17) is 29.4 Å². The van der Waals surface area contributed by atoms with Gasteiger partial charge in [-0.05, 0) is 56.2 Å². The van der Waals surface area contributed by atoms with E-state index in [1.807, 2.05) is 61.6 Å². The van der Waals surface area contributed by atoms with Crippen LogP contribution in [0.25, 0.3) is 5.57 Å². The smallest absolute Gasteiger partial charge is 0.328 e. The van der Waals surface area contributed by atoms with Gasteiger partial charge in [0.1, 0.15) is 18.2 Å². The third-order valence-corrected chi connectivity index (χ3v) is 15.2. The maximum Gasteiger partial charge on any atom is 0.328 e. The number of cyclic esters (lactones) is 1. The number of hydrogen-bond acceptors (Lipinski definition) is 19. The average molecular weight is 1120 g/mol. The lowest BCUT2D eigenvalue weighted by Gasteiger charge is -2.46. The van der Waals surface area contributed by atoms with Crippen molar-refractivity contribution in [3.8, 4) is 0 Å². The van der Waals surface area contributed by atoms with Gasteiger partial charge in [0.15, 0.2) is 12.1 Å². The van der Waals surface area contributed by atoms with Gasteiger partial charge in [0.25, 0.3) is 0 Å². The minimum absolute atomic E-state index is 0.0366. The topological polar surface area (TPSA) is 338 Å². The lowest BCUT2D eigenvalue weighted by Crippen LogP contribution is -2.62. The first kappa shape index (κ1) is 65.8. The second-order valence-corrected chi connectivity index (χ2v) is 21.6. The van der Waals surface area contributed by atoms with Crippen LogP contribution in [0.3, 0.4) is 0 Å². The Kier molecular flexibility index (Phi) is 26.3. The number of hydrogen-bond donors (Lipinski definition) is 12. The first-order chi connectivity index (χ1) is 38.0. The number of esters is 2. The Hall–Kier alpha value is -5.01. The second kappa shape index (κ2) is 32.0. The largest absolute Gasteiger partial charge is 0.467 e. The van der Waals surface area contributed by atoms with Crippen molar-refractivity contribution in [2.45, 2.75) is 195 Å². The van der Waals surface area contributed by atoms with E-state index < -0.39 is 159 Å². The van der Waals surface area contributed by atoms with E-state index in [1.165, 1.54) is 7.11 Å². The SMILES string of the molecule is COC(=O)[C@@H](CC1=CCc2ccccc21)NC(=O)[C@@H]1C(O)C[C@@]2(O)C[C@@H](O)C[C@@H](O)[C@H](O)CC[C@@H](O)C[C@@H](O)CC(=O)OC(C)C(C)[C@H](O)C(C)/C=C/C=C/C=C/C=C/C=C/C=C/C=C/[C@H](OC3OC(C)C(O)C(N)C3O)CC1O2. The summed E-state index contributed by atoms with van der Waals surface area (Å²) in [7, 11) is 1.18. The van der Waals surface area contributed by atoms with Gasteiger partial charge in [0.2, 0.25) is 5.91 Å². The monoisotopic (exact) mass is 1120 g/mol. The number of nitrogens with one attached hydrogen (secondary N) is 1. The normalized spacial score (nSPS) is 40.0. The molecule has 4 aliphatic rings. The minimum Gasteiger partial charge on any atom is -0.467 e. The molecule has 3 aliphatic heterocycles. The van der Waals surface area contributed by atoms with Crippen LogP contribution in [-0.2, 0) is 44.5 Å². The fraction of sp³-hybridized carbons (Fsp3) is 0.583. The van der Waals surface area contributed by atoms with Crippen molar-refractivity contribution < 1.29 is 89.1 Å². The van der Waals surface area contributed by atoms with Crippen LogP contribution >= 0.6 is 0 Å². The molecule has 2 bridgehead atoms. The average Bonchev–Trinajstić information content (AvgIpc) is 3.86. The molecule has 20 heteroatoms. The summed E-state index contributed by atoms with van der Waals surface area (Å²) in [5, 5.41) is 114. The van der Waals surface area contributed by atoms with Crippen LogP contribution in [0.5, 0.6) is 0 Å². The molecule has 0 radical (unpaired) electrons. The van der Waals surface area contributed by atoms with Gasteiger partial charge in [-0.3, -0.25) is 9.59 Å². The predicted molar refractivity (Wildman–Crippen MR) is 296 cm³/mol. The summed E-state index contributed by atoms with van der Waals surface area (Å²) in [6.07, 6.45) is 5.62. The standard InChI is InChI=1S/C60H86N2O18/c1-35-20-16-14-12-10-8-6-7-9-11-13-15-17-22-44(79-59-56(72)53(61)55(71)38(4)78-59)32-50-52(57(73)62-46(58(74)76-5)28-40-25-24-39-21-18-19-23-45(39)40)49(68)34-60(75,80-50)33-43(65)30-48(67)47(66)27-26-41(63)29-42(64)31-51(69)77-37(3)36(2)54(35)70/h6-23,25,35-38,41-44,46-50,52-56,59,63-68,70-72,75H,24,26-34,61H2,1-5H3,(H,62,73)/b7-6+,10-8+,11-9+,14-12+,15-13+,20-16+,22-17+/t35?,36?,37?,38?,41-,42-,43+,44+,46-,47-,48-,49?,50?,52-,53?,54-,55?,56?,59?,60-/m1/s1. The van der Waals surface area contributed by atoms with Crippen LogP contribution in [0, 0.1) is 17.8 Å². The Bertz CT molecular complexity index is 2390. The number of benzene rings is 1. The van der Waals surface area contributed by atoms with Crippen LogP contribution in [0.1, 0.15) is 96.6 Å². The molecule has 1 aromatic carbocycles. The van der Waals surface area contributed by atoms with E-state index in [9.17, 15) is 65.4 Å². The number of carbonyl (C=O) groups excluding carboxylic acids is 3. The number of nitrogens with two attached hydrogens (primary N) is 1. The fourth-order valence-electron chi connectivity index (χ4n) is 10.4. The number of methoxy groups -OCH3 is 1. The molecule has 3 heterocycles. The highest BCUT2D eigenvalue weighted by atomic mass is 16.7. The highest BCUT2D eigenvalue weighted by molar-refractivity contribution is 5.88. The molecule has 0 aromatic heterocycles. The molecule has 20 atom stereocenters. The summed E-state index contributed by atoms with van der Waals surface area (Å²) >= 11 is 0. The number of aliphatic hydroxyl groups is 10. The molecule has 1 amide bonds. The van der Waals surface area contributed by atoms with Crippen LogP contribution in [-0.4, -0.2) is 180 Å². The molecule has 1 aromatic rings. The van der Waals surface area contributed by atoms with Gasteiger partial charge in [-0.2, -0.15) is 0 Å². The number of fused-ring (bicyclic) bond motifs is 3. The van der Waals surface area contributed by atoms with E-state index in [1.54, 1.807) is 81.5 Å². The summed E-state index contributed by atoms with van der Waals surface area (Å²) in [6, 6.07) is 5.20. The zero-order chi connectivity index (χ0) is 58.7. The van der Waals surface area contributed by atoms with Crippen LogP contribution in [0.4, 0.5) is 0 Å². The van der Waals surface area contributed by atoms with E-state index >= 15 is 0 Å². The van der Waals surface area contributed by atoms with E-state index in [-0.39, 0.29) is 38.0 Å². The molecule has 13 N–H and O–H groups in total. The Morgan fingerprint density at radius 1 is 0.725 bits per heavy atom. The zero-order valence-corrected chi connectivity index (χ0v) is 46.3. The fourth-order valence-corrected chi connectivity index (χ4v) is 10.4. The quantitative estimate of drug-likeness (QED) is 0.174. The van der Waals surface area contributed by atoms with Crippen molar-refractivity contribution in [2.75, 3.05) is 7.11 Å². The number of ether oxygens (including phenoxy) is 5. The highest BCUT2D eigenvalue weighted by Gasteiger charge is 2.51. The molecule has 2 fully saturated rings. The number of amides is 1. The summed E-state index contributed by atoms with van der Waals surface area (Å²) in [5.41, 5.74) is 8.89. The first-order valence-corrected chi connectivity index (χ1v) is 27.6. The lowest BCUT2D eigenvalue weighted by atomic mass is 9.82. The summed E-state index contributed by atoms with van der Waals surface area (Å²) in [4.78, 5) is 40.7. The minimum atomic E-state index is -2.39. The van der Waals surface area contributed by atoms with Gasteiger partial charge in [0, 0.05) is 43.9 Å². The van der Waals surface area contributed by atoms with Crippen molar-refractivity contribution in [1.29, 1.82) is 0 Å². The van der Waals surface area contributed by atoms with Gasteiger partial charge in [-0.25, -0.2) is 4.79 Å². The summed E-state index contributed by atoms with van der Waals surface area (Å²) in [6.45, 7) is 6.76. The number of carbonyl (C=O) groups is 3. The molecule has 5 rings (SSSR count). The maximum atomic E-state index is 14.6. The third kappa shape index (κ3) is 19.9. The number of aliphatic hydroxyl groups excluding tert-OH is 9. The Labute approximate surface area is 468 Å². The highest BCUT2D eigenvalue weighted by Crippen LogP contribution is 2.39. The van der Waals surface area contributed by atoms with Crippen molar-refractivity contribution >= 4 is 23.4 Å². The molecular weight excluding hydrogens is 1040 g/mol. The molecule has 20 nitrogen and oxygen atoms in total. The number of rotatable bonds is 7. The molecule has 2 saturated heterocycles. The van der Waals surface area contributed by atoms with Crippen LogP contribution < -0.4 is 11.1 Å². The summed E-state index contributed by atoms with van der Waals surface area (Å²) in [5.74, 6) is -7.03. The van der Waals surface area contributed by atoms with E-state index in [0.717, 1.165) is 16.7 Å². The maximum absolute atomic E-state index is 14.6. The molecule has 0 saturated carbocycles. The molecular formula is C60H86N2O18. The van der Waals surface area contributed by atoms with Gasteiger partial charge >= 0.3 is 11.9 Å². The third-order valence-electron chi connectivity index (χ3n) is 15.2. The van der Waals surface area contributed by atoms with Gasteiger partial charge in [-0.1, -0.05) is 129 Å². The molecule has 10 unspecified atom stereocenters. The molecule has 80 heavy (non-hydrogen) atoms. The molecule has 444 valence electrons. The Balaban J connectivity index is 1.44. The van der Waals surface area contributed by atoms with Gasteiger partial charge < -0.3 is 85.8 Å². The van der Waals surface area contributed by atoms with Gasteiger partial charge in [-0.15, -0.1) is 0 Å². The van der Waals surface area contributed by atoms with Crippen molar-refractivity contribution in [3.05, 3.63) is 127 Å². The molecule has 0 spiro atoms. The van der Waals surface area contributed by atoms with Crippen molar-refractivity contribution in [3.63, 3.8) is 0 Å². The predicted octanol–water partition coefficient (Wildman–Crippen LogP) is 2.31.